The Morgan fingerprint density at radius 3 is 2.32 bits per heavy atom. The SMILES string of the molecule is Cc1nnsc1C(=O)N1CCN(c2ccc(C(=O)N3CCNCC3)cc2NC(=O)C2CCCCC2)CC1. The molecule has 1 aliphatic carbocycles. The molecule has 5 rings (SSSR count). The lowest BCUT2D eigenvalue weighted by Gasteiger charge is -2.37. The molecule has 198 valence electrons. The van der Waals surface area contributed by atoms with Crippen molar-refractivity contribution < 1.29 is 14.4 Å². The Bertz CT molecular complexity index is 1130. The summed E-state index contributed by atoms with van der Waals surface area (Å²) < 4.78 is 3.89. The van der Waals surface area contributed by atoms with Gasteiger partial charge in [-0.1, -0.05) is 23.8 Å². The van der Waals surface area contributed by atoms with Gasteiger partial charge in [-0.15, -0.1) is 5.10 Å². The molecule has 11 heteroatoms. The number of amides is 3. The highest BCUT2D eigenvalue weighted by Crippen LogP contribution is 2.32. The predicted molar refractivity (Wildman–Crippen MR) is 143 cm³/mol. The summed E-state index contributed by atoms with van der Waals surface area (Å²) in [4.78, 5) is 45.8. The van der Waals surface area contributed by atoms with Crippen LogP contribution in [0.15, 0.2) is 18.2 Å². The van der Waals surface area contributed by atoms with Crippen LogP contribution in [-0.4, -0.2) is 89.5 Å². The summed E-state index contributed by atoms with van der Waals surface area (Å²) in [6.45, 7) is 7.12. The van der Waals surface area contributed by atoms with Crippen LogP contribution in [0, 0.1) is 12.8 Å². The van der Waals surface area contributed by atoms with Crippen molar-refractivity contribution in [2.75, 3.05) is 62.6 Å². The minimum Gasteiger partial charge on any atom is -0.366 e. The van der Waals surface area contributed by atoms with E-state index in [0.717, 1.165) is 56.0 Å². The number of carbonyl (C=O) groups is 3. The van der Waals surface area contributed by atoms with Crippen molar-refractivity contribution in [3.63, 3.8) is 0 Å². The lowest BCUT2D eigenvalue weighted by Crippen LogP contribution is -2.49. The monoisotopic (exact) mass is 525 g/mol. The first kappa shape index (κ1) is 25.6. The Morgan fingerprint density at radius 2 is 1.65 bits per heavy atom. The van der Waals surface area contributed by atoms with Gasteiger partial charge in [0.2, 0.25) is 5.91 Å². The molecule has 2 aromatic rings. The number of hydrogen-bond acceptors (Lipinski definition) is 8. The van der Waals surface area contributed by atoms with Crippen LogP contribution in [0.1, 0.15) is 57.8 Å². The van der Waals surface area contributed by atoms with Crippen LogP contribution >= 0.6 is 11.5 Å². The van der Waals surface area contributed by atoms with E-state index in [1.165, 1.54) is 6.42 Å². The van der Waals surface area contributed by atoms with Gasteiger partial charge in [0.05, 0.1) is 17.1 Å². The first-order valence-electron chi connectivity index (χ1n) is 13.3. The summed E-state index contributed by atoms with van der Waals surface area (Å²) >= 11 is 1.13. The third kappa shape index (κ3) is 5.77. The van der Waals surface area contributed by atoms with Crippen molar-refractivity contribution in [2.24, 2.45) is 5.92 Å². The van der Waals surface area contributed by atoms with Gasteiger partial charge in [-0.25, -0.2) is 0 Å². The zero-order chi connectivity index (χ0) is 25.8. The van der Waals surface area contributed by atoms with Gasteiger partial charge in [0, 0.05) is 63.8 Å². The first-order chi connectivity index (χ1) is 18.0. The molecule has 0 atom stereocenters. The van der Waals surface area contributed by atoms with Gasteiger partial charge >= 0.3 is 0 Å². The van der Waals surface area contributed by atoms with Crippen LogP contribution in [0.4, 0.5) is 11.4 Å². The third-order valence-electron chi connectivity index (χ3n) is 7.63. The van der Waals surface area contributed by atoms with Crippen LogP contribution in [0.5, 0.6) is 0 Å². The Kier molecular flexibility index (Phi) is 7.99. The Hall–Kier alpha value is -3.05. The molecule has 0 spiro atoms. The molecule has 37 heavy (non-hydrogen) atoms. The molecule has 2 N–H and O–H groups in total. The second-order valence-corrected chi connectivity index (χ2v) is 10.8. The number of aryl methyl sites for hydroxylation is 1. The van der Waals surface area contributed by atoms with Crippen LogP contribution < -0.4 is 15.5 Å². The van der Waals surface area contributed by atoms with E-state index < -0.39 is 0 Å². The second-order valence-electron chi connectivity index (χ2n) is 10.1. The fourth-order valence-electron chi connectivity index (χ4n) is 5.42. The summed E-state index contributed by atoms with van der Waals surface area (Å²) in [6, 6.07) is 5.64. The van der Waals surface area contributed by atoms with Crippen LogP contribution in [0.25, 0.3) is 0 Å². The lowest BCUT2D eigenvalue weighted by molar-refractivity contribution is -0.120. The molecule has 0 radical (unpaired) electrons. The van der Waals surface area contributed by atoms with Gasteiger partial charge in [-0.2, -0.15) is 0 Å². The Morgan fingerprint density at radius 1 is 0.946 bits per heavy atom. The fraction of sp³-hybridized carbons (Fsp3) is 0.577. The number of nitrogens with zero attached hydrogens (tertiary/aromatic N) is 5. The van der Waals surface area contributed by atoms with E-state index in [1.807, 2.05) is 28.0 Å². The average molecular weight is 526 g/mol. The van der Waals surface area contributed by atoms with E-state index in [2.05, 4.69) is 25.1 Å². The van der Waals surface area contributed by atoms with Gasteiger partial charge in [0.15, 0.2) is 0 Å². The van der Waals surface area contributed by atoms with Crippen molar-refractivity contribution in [3.05, 3.63) is 34.3 Å². The molecule has 3 heterocycles. The zero-order valence-electron chi connectivity index (χ0n) is 21.4. The number of anilines is 2. The maximum absolute atomic E-state index is 13.2. The molecule has 3 aliphatic rings. The summed E-state index contributed by atoms with van der Waals surface area (Å²) in [6.07, 6.45) is 5.17. The zero-order valence-corrected chi connectivity index (χ0v) is 22.2. The average Bonchev–Trinajstić information content (AvgIpc) is 3.39. The summed E-state index contributed by atoms with van der Waals surface area (Å²) in [5.41, 5.74) is 2.82. The van der Waals surface area contributed by atoms with Gasteiger partial charge in [0.25, 0.3) is 11.8 Å². The number of carbonyl (C=O) groups excluding carboxylic acids is 3. The number of piperazine rings is 2. The topological polar surface area (TPSA) is 111 Å². The first-order valence-corrected chi connectivity index (χ1v) is 14.1. The lowest BCUT2D eigenvalue weighted by atomic mass is 9.88. The molecule has 1 aromatic carbocycles. The van der Waals surface area contributed by atoms with Crippen molar-refractivity contribution in [1.82, 2.24) is 24.7 Å². The molecule has 1 aromatic heterocycles. The van der Waals surface area contributed by atoms with E-state index in [9.17, 15) is 14.4 Å². The standard InChI is InChI=1S/C26H35N7O3S/c1-18-23(37-30-29-18)26(36)33-15-13-31(14-16-33)22-8-7-20(25(35)32-11-9-27-10-12-32)17-21(22)28-24(34)19-5-3-2-4-6-19/h7-8,17,19,27H,2-6,9-16H2,1H3,(H,28,34). The highest BCUT2D eigenvalue weighted by molar-refractivity contribution is 7.07. The highest BCUT2D eigenvalue weighted by atomic mass is 32.1. The Balaban J connectivity index is 1.34. The maximum atomic E-state index is 13.2. The van der Waals surface area contributed by atoms with E-state index in [0.29, 0.717) is 61.1 Å². The van der Waals surface area contributed by atoms with E-state index >= 15 is 0 Å². The summed E-state index contributed by atoms with van der Waals surface area (Å²) in [5.74, 6) is 0.00895. The predicted octanol–water partition coefficient (Wildman–Crippen LogP) is 2.37. The number of aromatic nitrogens is 2. The number of rotatable bonds is 5. The van der Waals surface area contributed by atoms with E-state index in [-0.39, 0.29) is 23.6 Å². The molecule has 3 fully saturated rings. The molecule has 2 saturated heterocycles. The molecule has 1 saturated carbocycles. The van der Waals surface area contributed by atoms with Crippen LogP contribution in [0.2, 0.25) is 0 Å². The van der Waals surface area contributed by atoms with Gasteiger partial charge in [-0.05, 0) is 49.5 Å². The van der Waals surface area contributed by atoms with E-state index in [4.69, 9.17) is 0 Å². The third-order valence-corrected chi connectivity index (χ3v) is 8.45. The highest BCUT2D eigenvalue weighted by Gasteiger charge is 2.28. The quantitative estimate of drug-likeness (QED) is 0.617. The molecule has 2 aliphatic heterocycles. The molecular formula is C26H35N7O3S. The summed E-state index contributed by atoms with van der Waals surface area (Å²) in [5, 5.41) is 10.4. The normalized spacial score (nSPS) is 19.1. The molecule has 10 nitrogen and oxygen atoms in total. The molecular weight excluding hydrogens is 490 g/mol. The van der Waals surface area contributed by atoms with Gasteiger partial charge < -0.3 is 25.3 Å². The van der Waals surface area contributed by atoms with E-state index in [1.54, 1.807) is 6.92 Å². The minimum atomic E-state index is -0.0325. The second kappa shape index (κ2) is 11.6. The largest absolute Gasteiger partial charge is 0.366 e. The fourth-order valence-corrected chi connectivity index (χ4v) is 6.04. The Labute approximate surface area is 221 Å². The maximum Gasteiger partial charge on any atom is 0.267 e. The minimum absolute atomic E-state index is 0.00910. The molecule has 0 unspecified atom stereocenters. The van der Waals surface area contributed by atoms with Crippen LogP contribution in [0.3, 0.4) is 0 Å². The van der Waals surface area contributed by atoms with Crippen LogP contribution in [-0.2, 0) is 4.79 Å². The number of benzene rings is 1. The van der Waals surface area contributed by atoms with Crippen molar-refractivity contribution >= 4 is 40.6 Å². The van der Waals surface area contributed by atoms with Crippen molar-refractivity contribution in [3.8, 4) is 0 Å². The molecule has 0 bridgehead atoms. The van der Waals surface area contributed by atoms with Gasteiger partial charge in [-0.3, -0.25) is 14.4 Å². The van der Waals surface area contributed by atoms with Crippen molar-refractivity contribution in [2.45, 2.75) is 39.0 Å². The number of nitrogens with one attached hydrogen (secondary N) is 2. The summed E-state index contributed by atoms with van der Waals surface area (Å²) in [7, 11) is 0. The van der Waals surface area contributed by atoms with Crippen molar-refractivity contribution in [1.29, 1.82) is 0 Å². The number of hydrogen-bond donors (Lipinski definition) is 2. The molecule has 3 amide bonds. The van der Waals surface area contributed by atoms with Gasteiger partial charge in [0.1, 0.15) is 4.88 Å². The smallest absolute Gasteiger partial charge is 0.267 e.